The van der Waals surface area contributed by atoms with Crippen molar-refractivity contribution in [1.82, 2.24) is 0 Å². The normalized spacial score (nSPS) is 12.8. The number of ether oxygens (including phenoxy) is 1. The van der Waals surface area contributed by atoms with Crippen LogP contribution in [0.4, 0.5) is 0 Å². The van der Waals surface area contributed by atoms with Gasteiger partial charge in [0.2, 0.25) is 0 Å². The van der Waals surface area contributed by atoms with Crippen LogP contribution in [0, 0.1) is 6.92 Å². The quantitative estimate of drug-likeness (QED) is 0.526. The molecule has 0 aromatic heterocycles. The van der Waals surface area contributed by atoms with Crippen molar-refractivity contribution in [2.45, 2.75) is 34.1 Å². The Morgan fingerprint density at radius 1 is 1.12 bits per heavy atom. The number of benzene rings is 1. The predicted octanol–water partition coefficient (Wildman–Crippen LogP) is 4.63. The average Bonchev–Trinajstić information content (AvgIpc) is 2.29. The highest BCUT2D eigenvalue weighted by molar-refractivity contribution is 5.28. The van der Waals surface area contributed by atoms with E-state index in [9.17, 15) is 0 Å². The molecule has 86 valence electrons. The van der Waals surface area contributed by atoms with Gasteiger partial charge in [-0.3, -0.25) is 0 Å². The second-order valence-corrected chi connectivity index (χ2v) is 4.06. The highest BCUT2D eigenvalue weighted by atomic mass is 16.5. The fraction of sp³-hybridized carbons (Fsp3) is 0.333. The summed E-state index contributed by atoms with van der Waals surface area (Å²) < 4.78 is 5.68. The third-order valence-electron chi connectivity index (χ3n) is 2.46. The van der Waals surface area contributed by atoms with Crippen molar-refractivity contribution >= 4 is 0 Å². The third kappa shape index (κ3) is 4.35. The van der Waals surface area contributed by atoms with Crippen LogP contribution in [0.3, 0.4) is 0 Å². The molecule has 0 radical (unpaired) electrons. The van der Waals surface area contributed by atoms with E-state index >= 15 is 0 Å². The fourth-order valence-corrected chi connectivity index (χ4v) is 1.20. The van der Waals surface area contributed by atoms with Gasteiger partial charge in [0.15, 0.2) is 0 Å². The van der Waals surface area contributed by atoms with E-state index < -0.39 is 0 Å². The molecular formula is C15H20O. The van der Waals surface area contributed by atoms with E-state index in [1.54, 1.807) is 0 Å². The average molecular weight is 216 g/mol. The first kappa shape index (κ1) is 12.6. The van der Waals surface area contributed by atoms with Crippen molar-refractivity contribution in [1.29, 1.82) is 0 Å². The van der Waals surface area contributed by atoms with Crippen LogP contribution in [-0.2, 0) is 0 Å². The molecule has 0 saturated heterocycles. The van der Waals surface area contributed by atoms with E-state index in [2.05, 4.69) is 39.0 Å². The van der Waals surface area contributed by atoms with E-state index in [4.69, 9.17) is 4.74 Å². The van der Waals surface area contributed by atoms with Crippen molar-refractivity contribution in [3.63, 3.8) is 0 Å². The highest BCUT2D eigenvalue weighted by Gasteiger charge is 1.93. The molecule has 0 amide bonds. The lowest BCUT2D eigenvalue weighted by atomic mass is 10.2. The lowest BCUT2D eigenvalue weighted by molar-refractivity contribution is 0.428. The van der Waals surface area contributed by atoms with E-state index in [1.807, 2.05) is 25.1 Å². The molecule has 1 rings (SSSR count). The van der Waals surface area contributed by atoms with Crippen molar-refractivity contribution in [2.75, 3.05) is 0 Å². The molecule has 1 nitrogen and oxygen atoms in total. The first-order chi connectivity index (χ1) is 7.61. The maximum atomic E-state index is 5.68. The van der Waals surface area contributed by atoms with Crippen LogP contribution in [0.15, 0.2) is 47.7 Å². The SMILES string of the molecule is CC/C(C)=C\C=C(/C)Oc1ccc(C)cc1. The Hall–Kier alpha value is -1.50. The molecule has 0 N–H and O–H groups in total. The molecule has 0 aliphatic rings. The Morgan fingerprint density at radius 3 is 2.31 bits per heavy atom. The summed E-state index contributed by atoms with van der Waals surface area (Å²) in [7, 11) is 0. The van der Waals surface area contributed by atoms with E-state index in [-0.39, 0.29) is 0 Å². The predicted molar refractivity (Wildman–Crippen MR) is 69.6 cm³/mol. The summed E-state index contributed by atoms with van der Waals surface area (Å²) in [6, 6.07) is 8.08. The standard InChI is InChI=1S/C15H20O/c1-5-12(2)6-9-14(4)16-15-10-7-13(3)8-11-15/h6-11H,5H2,1-4H3/b12-6-,14-9+. The first-order valence-corrected chi connectivity index (χ1v) is 5.70. The zero-order valence-electron chi connectivity index (χ0n) is 10.6. The molecular weight excluding hydrogens is 196 g/mol. The maximum Gasteiger partial charge on any atom is 0.126 e. The van der Waals surface area contributed by atoms with Gasteiger partial charge in [0.25, 0.3) is 0 Å². The van der Waals surface area contributed by atoms with Crippen LogP contribution < -0.4 is 4.74 Å². The number of allylic oxidation sites excluding steroid dienone is 4. The van der Waals surface area contributed by atoms with Gasteiger partial charge >= 0.3 is 0 Å². The Morgan fingerprint density at radius 2 is 1.75 bits per heavy atom. The minimum absolute atomic E-state index is 0.891. The Kier molecular flexibility index (Phi) is 4.84. The van der Waals surface area contributed by atoms with Gasteiger partial charge in [-0.2, -0.15) is 0 Å². The van der Waals surface area contributed by atoms with E-state index in [0.29, 0.717) is 0 Å². The molecule has 0 aliphatic heterocycles. The number of rotatable bonds is 4. The van der Waals surface area contributed by atoms with Gasteiger partial charge in [0.1, 0.15) is 11.5 Å². The van der Waals surface area contributed by atoms with Crippen molar-refractivity contribution in [2.24, 2.45) is 0 Å². The zero-order chi connectivity index (χ0) is 12.0. The summed E-state index contributed by atoms with van der Waals surface area (Å²) in [4.78, 5) is 0. The molecule has 0 spiro atoms. The van der Waals surface area contributed by atoms with Gasteiger partial charge in [0.05, 0.1) is 0 Å². The first-order valence-electron chi connectivity index (χ1n) is 5.70. The molecule has 1 aromatic carbocycles. The highest BCUT2D eigenvalue weighted by Crippen LogP contribution is 2.14. The van der Waals surface area contributed by atoms with Gasteiger partial charge in [-0.25, -0.2) is 0 Å². The largest absolute Gasteiger partial charge is 0.462 e. The second-order valence-electron chi connectivity index (χ2n) is 4.06. The molecule has 1 aromatic rings. The Labute approximate surface area is 98.5 Å². The maximum absolute atomic E-state index is 5.68. The lowest BCUT2D eigenvalue weighted by Crippen LogP contribution is -1.90. The van der Waals surface area contributed by atoms with Gasteiger partial charge in [-0.05, 0) is 45.4 Å². The van der Waals surface area contributed by atoms with Crippen molar-refractivity contribution in [3.8, 4) is 5.75 Å². The van der Waals surface area contributed by atoms with Gasteiger partial charge in [0, 0.05) is 0 Å². The van der Waals surface area contributed by atoms with Crippen molar-refractivity contribution in [3.05, 3.63) is 53.3 Å². The molecule has 0 bridgehead atoms. The third-order valence-corrected chi connectivity index (χ3v) is 2.46. The number of aryl methyl sites for hydroxylation is 1. The zero-order valence-corrected chi connectivity index (χ0v) is 10.6. The lowest BCUT2D eigenvalue weighted by Gasteiger charge is -2.05. The minimum atomic E-state index is 0.891. The molecule has 0 aliphatic carbocycles. The van der Waals surface area contributed by atoms with Crippen LogP contribution in [0.1, 0.15) is 32.8 Å². The Balaban J connectivity index is 2.64. The number of hydrogen-bond acceptors (Lipinski definition) is 1. The van der Waals surface area contributed by atoms with Gasteiger partial charge in [-0.1, -0.05) is 36.3 Å². The van der Waals surface area contributed by atoms with Crippen LogP contribution in [-0.4, -0.2) is 0 Å². The molecule has 0 heterocycles. The number of hydrogen-bond donors (Lipinski definition) is 0. The molecule has 0 unspecified atom stereocenters. The molecule has 0 atom stereocenters. The van der Waals surface area contributed by atoms with Crippen LogP contribution >= 0.6 is 0 Å². The Bertz CT molecular complexity index is 382. The topological polar surface area (TPSA) is 9.23 Å². The minimum Gasteiger partial charge on any atom is -0.462 e. The summed E-state index contributed by atoms with van der Waals surface area (Å²) in [5.41, 5.74) is 2.60. The summed E-state index contributed by atoms with van der Waals surface area (Å²) in [6.07, 6.45) is 5.19. The summed E-state index contributed by atoms with van der Waals surface area (Å²) in [5, 5.41) is 0. The smallest absolute Gasteiger partial charge is 0.126 e. The van der Waals surface area contributed by atoms with Crippen LogP contribution in [0.5, 0.6) is 5.75 Å². The molecule has 16 heavy (non-hydrogen) atoms. The van der Waals surface area contributed by atoms with E-state index in [1.165, 1.54) is 11.1 Å². The van der Waals surface area contributed by atoms with Crippen LogP contribution in [0.25, 0.3) is 0 Å². The van der Waals surface area contributed by atoms with Gasteiger partial charge in [-0.15, -0.1) is 0 Å². The summed E-state index contributed by atoms with van der Waals surface area (Å²) >= 11 is 0. The van der Waals surface area contributed by atoms with Gasteiger partial charge < -0.3 is 4.74 Å². The molecule has 0 saturated carbocycles. The fourth-order valence-electron chi connectivity index (χ4n) is 1.20. The monoisotopic (exact) mass is 216 g/mol. The summed E-state index contributed by atoms with van der Waals surface area (Å²) in [6.45, 7) is 8.31. The summed E-state index contributed by atoms with van der Waals surface area (Å²) in [5.74, 6) is 1.80. The van der Waals surface area contributed by atoms with E-state index in [0.717, 1.165) is 17.9 Å². The van der Waals surface area contributed by atoms with Crippen molar-refractivity contribution < 1.29 is 4.74 Å². The van der Waals surface area contributed by atoms with Crippen LogP contribution in [0.2, 0.25) is 0 Å². The second kappa shape index (κ2) is 6.16. The molecule has 0 fully saturated rings. The molecule has 1 heteroatoms.